The average molecular weight is 281 g/mol. The van der Waals surface area contributed by atoms with Crippen LogP contribution < -0.4 is 5.73 Å². The van der Waals surface area contributed by atoms with Crippen molar-refractivity contribution in [1.29, 1.82) is 0 Å². The maximum absolute atomic E-state index is 11.5. The first-order valence-electron chi connectivity index (χ1n) is 8.08. The van der Waals surface area contributed by atoms with Crippen LogP contribution >= 0.6 is 0 Å². The summed E-state index contributed by atoms with van der Waals surface area (Å²) in [7, 11) is 0. The van der Waals surface area contributed by atoms with Crippen LogP contribution in [0.4, 0.5) is 0 Å². The van der Waals surface area contributed by atoms with Gasteiger partial charge in [0, 0.05) is 38.8 Å². The summed E-state index contributed by atoms with van der Waals surface area (Å²) in [6.45, 7) is 4.60. The highest BCUT2D eigenvalue weighted by molar-refractivity contribution is 5.79. The molecule has 114 valence electrons. The second-order valence-corrected chi connectivity index (χ2v) is 6.87. The smallest absolute Gasteiger partial charge is 0.325 e. The zero-order valence-electron chi connectivity index (χ0n) is 12.3. The monoisotopic (exact) mass is 281 g/mol. The lowest BCUT2D eigenvalue weighted by atomic mass is 9.93. The van der Waals surface area contributed by atoms with Crippen molar-refractivity contribution in [3.63, 3.8) is 0 Å². The van der Waals surface area contributed by atoms with E-state index in [1.165, 1.54) is 25.7 Å². The Balaban J connectivity index is 1.51. The number of carbonyl (C=O) groups is 1. The Hall–Kier alpha value is -0.650. The molecule has 0 spiro atoms. The van der Waals surface area contributed by atoms with Crippen LogP contribution in [0.5, 0.6) is 0 Å². The topological polar surface area (TPSA) is 69.8 Å². The number of piperazine rings is 1. The van der Waals surface area contributed by atoms with Gasteiger partial charge in [-0.25, -0.2) is 0 Å². The molecule has 1 heterocycles. The molecule has 0 aromatic rings. The lowest BCUT2D eigenvalue weighted by Crippen LogP contribution is -2.61. The molecule has 0 bridgehead atoms. The second-order valence-electron chi connectivity index (χ2n) is 6.87. The molecule has 1 atom stereocenters. The Kier molecular flexibility index (Phi) is 4.02. The van der Waals surface area contributed by atoms with Gasteiger partial charge in [0.1, 0.15) is 5.54 Å². The zero-order chi connectivity index (χ0) is 14.2. The zero-order valence-corrected chi connectivity index (χ0v) is 12.3. The molecule has 3 aliphatic rings. The number of aliphatic carboxylic acids is 1. The minimum Gasteiger partial charge on any atom is -0.480 e. The van der Waals surface area contributed by atoms with E-state index in [0.29, 0.717) is 6.54 Å². The van der Waals surface area contributed by atoms with E-state index in [2.05, 4.69) is 9.80 Å². The lowest BCUT2D eigenvalue weighted by molar-refractivity contribution is -0.145. The molecular weight excluding hydrogens is 254 g/mol. The molecule has 3 rings (SSSR count). The molecule has 20 heavy (non-hydrogen) atoms. The first-order chi connectivity index (χ1) is 9.59. The normalized spacial score (nSPS) is 29.4. The number of nitrogens with two attached hydrogens (primary N) is 1. The SMILES string of the molecule is NC(CN1CCN(C2CCCC2)CC1)(C(=O)O)C1CC1. The van der Waals surface area contributed by atoms with Crippen molar-refractivity contribution in [2.75, 3.05) is 32.7 Å². The van der Waals surface area contributed by atoms with Gasteiger partial charge in [-0.3, -0.25) is 14.6 Å². The molecule has 2 aliphatic carbocycles. The molecule has 0 aromatic carbocycles. The number of carboxylic acids is 1. The second kappa shape index (κ2) is 5.62. The maximum atomic E-state index is 11.5. The van der Waals surface area contributed by atoms with Gasteiger partial charge in [-0.2, -0.15) is 0 Å². The highest BCUT2D eigenvalue weighted by atomic mass is 16.4. The molecule has 1 aliphatic heterocycles. The van der Waals surface area contributed by atoms with Crippen molar-refractivity contribution in [2.45, 2.75) is 50.1 Å². The van der Waals surface area contributed by atoms with E-state index in [1.54, 1.807) is 0 Å². The summed E-state index contributed by atoms with van der Waals surface area (Å²) in [5.41, 5.74) is 5.16. The van der Waals surface area contributed by atoms with Gasteiger partial charge in [0.2, 0.25) is 0 Å². The standard InChI is InChI=1S/C15H27N3O2/c16-15(14(19)20,12-5-6-12)11-17-7-9-18(10-8-17)13-3-1-2-4-13/h12-13H,1-11,16H2,(H,19,20). The third-order valence-electron chi connectivity index (χ3n) is 5.44. The summed E-state index contributed by atoms with van der Waals surface area (Å²) in [6, 6.07) is 0.780. The molecule has 3 fully saturated rings. The summed E-state index contributed by atoms with van der Waals surface area (Å²) in [6.07, 6.45) is 7.39. The number of hydrogen-bond donors (Lipinski definition) is 2. The van der Waals surface area contributed by atoms with Gasteiger partial charge in [0.15, 0.2) is 0 Å². The van der Waals surface area contributed by atoms with Crippen molar-refractivity contribution in [1.82, 2.24) is 9.80 Å². The minimum absolute atomic E-state index is 0.188. The highest BCUT2D eigenvalue weighted by Gasteiger charge is 2.49. The van der Waals surface area contributed by atoms with Crippen LogP contribution in [0, 0.1) is 5.92 Å². The Labute approximate surface area is 121 Å². The van der Waals surface area contributed by atoms with Crippen molar-refractivity contribution in [2.24, 2.45) is 11.7 Å². The molecule has 0 aromatic heterocycles. The van der Waals surface area contributed by atoms with Gasteiger partial charge in [0.25, 0.3) is 0 Å². The van der Waals surface area contributed by atoms with Crippen molar-refractivity contribution in [3.8, 4) is 0 Å². The van der Waals surface area contributed by atoms with Crippen molar-refractivity contribution in [3.05, 3.63) is 0 Å². The number of rotatable bonds is 5. The number of nitrogens with zero attached hydrogens (tertiary/aromatic N) is 2. The predicted molar refractivity (Wildman–Crippen MR) is 77.5 cm³/mol. The van der Waals surface area contributed by atoms with Crippen LogP contribution in [0.3, 0.4) is 0 Å². The van der Waals surface area contributed by atoms with Crippen LogP contribution in [0.1, 0.15) is 38.5 Å². The molecule has 2 saturated carbocycles. The fourth-order valence-electron chi connectivity index (χ4n) is 3.90. The molecule has 0 radical (unpaired) electrons. The van der Waals surface area contributed by atoms with Crippen LogP contribution in [0.25, 0.3) is 0 Å². The quantitative estimate of drug-likeness (QED) is 0.778. The molecule has 0 amide bonds. The van der Waals surface area contributed by atoms with Crippen molar-refractivity contribution >= 4 is 5.97 Å². The summed E-state index contributed by atoms with van der Waals surface area (Å²) in [5, 5.41) is 9.44. The third-order valence-corrected chi connectivity index (χ3v) is 5.44. The summed E-state index contributed by atoms with van der Waals surface area (Å²) in [5.74, 6) is -0.633. The van der Waals surface area contributed by atoms with Gasteiger partial charge in [0.05, 0.1) is 0 Å². The maximum Gasteiger partial charge on any atom is 0.325 e. The molecule has 5 heteroatoms. The fraction of sp³-hybridized carbons (Fsp3) is 0.933. The van der Waals surface area contributed by atoms with Crippen LogP contribution in [-0.2, 0) is 4.79 Å². The number of hydrogen-bond acceptors (Lipinski definition) is 4. The van der Waals surface area contributed by atoms with E-state index in [0.717, 1.165) is 45.1 Å². The van der Waals surface area contributed by atoms with Gasteiger partial charge in [-0.15, -0.1) is 0 Å². The Bertz CT molecular complexity index is 358. The molecular formula is C15H27N3O2. The highest BCUT2D eigenvalue weighted by Crippen LogP contribution is 2.39. The van der Waals surface area contributed by atoms with Crippen LogP contribution in [-0.4, -0.2) is 65.2 Å². The molecule has 5 nitrogen and oxygen atoms in total. The summed E-state index contributed by atoms with van der Waals surface area (Å²) >= 11 is 0. The van der Waals surface area contributed by atoms with Gasteiger partial charge in [-0.1, -0.05) is 12.8 Å². The first-order valence-corrected chi connectivity index (χ1v) is 8.08. The first kappa shape index (κ1) is 14.3. The van der Waals surface area contributed by atoms with E-state index in [9.17, 15) is 9.90 Å². The van der Waals surface area contributed by atoms with E-state index >= 15 is 0 Å². The number of carboxylic acid groups (broad SMARTS) is 1. The van der Waals surface area contributed by atoms with Crippen molar-refractivity contribution < 1.29 is 9.90 Å². The Morgan fingerprint density at radius 3 is 2.20 bits per heavy atom. The third kappa shape index (κ3) is 2.85. The van der Waals surface area contributed by atoms with E-state index in [1.807, 2.05) is 0 Å². The minimum atomic E-state index is -1.02. The Morgan fingerprint density at radius 2 is 1.70 bits per heavy atom. The fourth-order valence-corrected chi connectivity index (χ4v) is 3.90. The largest absolute Gasteiger partial charge is 0.480 e. The molecule has 1 saturated heterocycles. The van der Waals surface area contributed by atoms with Crippen LogP contribution in [0.2, 0.25) is 0 Å². The van der Waals surface area contributed by atoms with Crippen LogP contribution in [0.15, 0.2) is 0 Å². The lowest BCUT2D eigenvalue weighted by Gasteiger charge is -2.40. The van der Waals surface area contributed by atoms with Gasteiger partial charge < -0.3 is 10.8 Å². The van der Waals surface area contributed by atoms with E-state index < -0.39 is 11.5 Å². The average Bonchev–Trinajstić information content (AvgIpc) is 3.16. The predicted octanol–water partition coefficient (Wildman–Crippen LogP) is 0.739. The molecule has 1 unspecified atom stereocenters. The summed E-state index contributed by atoms with van der Waals surface area (Å²) in [4.78, 5) is 16.3. The molecule has 3 N–H and O–H groups in total. The Morgan fingerprint density at radius 1 is 1.10 bits per heavy atom. The summed E-state index contributed by atoms with van der Waals surface area (Å²) < 4.78 is 0. The van der Waals surface area contributed by atoms with E-state index in [4.69, 9.17) is 5.73 Å². The van der Waals surface area contributed by atoms with Gasteiger partial charge >= 0.3 is 5.97 Å². The van der Waals surface area contributed by atoms with E-state index in [-0.39, 0.29) is 5.92 Å². The van der Waals surface area contributed by atoms with Gasteiger partial charge in [-0.05, 0) is 31.6 Å².